The minimum Gasteiger partial charge on any atom is -0.439 e. The lowest BCUT2D eigenvalue weighted by atomic mass is 10.2. The van der Waals surface area contributed by atoms with Gasteiger partial charge < -0.3 is 4.74 Å². The van der Waals surface area contributed by atoms with E-state index in [0.717, 1.165) is 12.1 Å². The second-order valence-electron chi connectivity index (χ2n) is 3.29. The van der Waals surface area contributed by atoms with Gasteiger partial charge in [-0.2, -0.15) is 18.2 Å². The van der Waals surface area contributed by atoms with Crippen LogP contribution in [0.2, 0.25) is 5.28 Å². The maximum atomic E-state index is 12.5. The Labute approximate surface area is 105 Å². The number of alkyl halides is 3. The largest absolute Gasteiger partial charge is 0.439 e. The maximum absolute atomic E-state index is 12.5. The lowest BCUT2D eigenvalue weighted by Crippen LogP contribution is -2.04. The van der Waals surface area contributed by atoms with Crippen LogP contribution in [0.5, 0.6) is 11.6 Å². The van der Waals surface area contributed by atoms with E-state index in [0.29, 0.717) is 0 Å². The Balaban J connectivity index is 2.25. The Morgan fingerprint density at radius 1 is 1.17 bits per heavy atom. The fourth-order valence-electron chi connectivity index (χ4n) is 1.23. The molecule has 7 heteroatoms. The monoisotopic (exact) mass is 274 g/mol. The molecule has 0 aliphatic heterocycles. The molecule has 2 rings (SSSR count). The first kappa shape index (κ1) is 12.6. The molecular formula is C11H6ClF3N2O. The van der Waals surface area contributed by atoms with Gasteiger partial charge in [0.05, 0.1) is 5.56 Å². The highest BCUT2D eigenvalue weighted by Crippen LogP contribution is 2.32. The van der Waals surface area contributed by atoms with Crippen LogP contribution >= 0.6 is 11.6 Å². The van der Waals surface area contributed by atoms with E-state index in [1.807, 2.05) is 0 Å². The maximum Gasteiger partial charge on any atom is 0.416 e. The van der Waals surface area contributed by atoms with Gasteiger partial charge in [0.2, 0.25) is 11.2 Å². The molecule has 0 fully saturated rings. The van der Waals surface area contributed by atoms with Crippen molar-refractivity contribution < 1.29 is 17.9 Å². The van der Waals surface area contributed by atoms with Gasteiger partial charge in [-0.1, -0.05) is 6.07 Å². The van der Waals surface area contributed by atoms with E-state index in [-0.39, 0.29) is 16.9 Å². The van der Waals surface area contributed by atoms with Crippen LogP contribution in [0, 0.1) is 0 Å². The summed E-state index contributed by atoms with van der Waals surface area (Å²) in [6, 6.07) is 5.88. The third kappa shape index (κ3) is 3.10. The first-order valence-corrected chi connectivity index (χ1v) is 5.16. The van der Waals surface area contributed by atoms with Crippen molar-refractivity contribution in [3.05, 3.63) is 47.4 Å². The predicted molar refractivity (Wildman–Crippen MR) is 58.6 cm³/mol. The normalized spacial score (nSPS) is 11.3. The number of hydrogen-bond donors (Lipinski definition) is 0. The molecule has 0 N–H and O–H groups in total. The quantitative estimate of drug-likeness (QED) is 0.778. The molecule has 0 aliphatic carbocycles. The summed E-state index contributed by atoms with van der Waals surface area (Å²) in [5.74, 6) is 0.105. The SMILES string of the molecule is FC(F)(F)c1cccc(Oc2ccnc(Cl)n2)c1. The number of ether oxygens (including phenoxy) is 1. The van der Waals surface area contributed by atoms with E-state index < -0.39 is 11.7 Å². The first-order valence-electron chi connectivity index (χ1n) is 4.79. The van der Waals surface area contributed by atoms with E-state index in [1.165, 1.54) is 24.4 Å². The number of aromatic nitrogens is 2. The zero-order valence-corrected chi connectivity index (χ0v) is 9.53. The minimum absolute atomic E-state index is 0.0274. The Hall–Kier alpha value is -1.82. The Morgan fingerprint density at radius 3 is 2.61 bits per heavy atom. The topological polar surface area (TPSA) is 35.0 Å². The highest BCUT2D eigenvalue weighted by atomic mass is 35.5. The minimum atomic E-state index is -4.41. The predicted octanol–water partition coefficient (Wildman–Crippen LogP) is 3.94. The van der Waals surface area contributed by atoms with Gasteiger partial charge in [-0.25, -0.2) is 4.98 Å². The van der Waals surface area contributed by atoms with E-state index in [1.54, 1.807) is 0 Å². The molecule has 1 aromatic carbocycles. The molecule has 1 heterocycles. The Kier molecular flexibility index (Phi) is 3.38. The molecule has 1 aromatic heterocycles. The number of hydrogen-bond acceptors (Lipinski definition) is 3. The molecule has 0 spiro atoms. The van der Waals surface area contributed by atoms with Crippen LogP contribution < -0.4 is 4.74 Å². The van der Waals surface area contributed by atoms with Crippen molar-refractivity contribution in [2.24, 2.45) is 0 Å². The van der Waals surface area contributed by atoms with Crippen LogP contribution in [0.25, 0.3) is 0 Å². The lowest BCUT2D eigenvalue weighted by Gasteiger charge is -2.09. The molecule has 0 aliphatic rings. The number of rotatable bonds is 2. The van der Waals surface area contributed by atoms with Gasteiger partial charge in [-0.05, 0) is 29.8 Å². The molecule has 0 unspecified atom stereocenters. The molecule has 0 radical (unpaired) electrons. The van der Waals surface area contributed by atoms with E-state index in [4.69, 9.17) is 16.3 Å². The van der Waals surface area contributed by atoms with Crippen LogP contribution in [-0.2, 0) is 6.18 Å². The van der Waals surface area contributed by atoms with E-state index >= 15 is 0 Å². The highest BCUT2D eigenvalue weighted by molar-refractivity contribution is 6.28. The van der Waals surface area contributed by atoms with Gasteiger partial charge >= 0.3 is 6.18 Å². The summed E-state index contributed by atoms with van der Waals surface area (Å²) in [5.41, 5.74) is -0.792. The fraction of sp³-hybridized carbons (Fsp3) is 0.0909. The van der Waals surface area contributed by atoms with Crippen molar-refractivity contribution in [1.82, 2.24) is 9.97 Å². The van der Waals surface area contributed by atoms with Crippen LogP contribution in [0.3, 0.4) is 0 Å². The Morgan fingerprint density at radius 2 is 1.94 bits per heavy atom. The first-order chi connectivity index (χ1) is 8.45. The molecule has 0 bridgehead atoms. The van der Waals surface area contributed by atoms with Crippen molar-refractivity contribution in [3.63, 3.8) is 0 Å². The smallest absolute Gasteiger partial charge is 0.416 e. The van der Waals surface area contributed by atoms with Crippen molar-refractivity contribution in [2.75, 3.05) is 0 Å². The van der Waals surface area contributed by atoms with Gasteiger partial charge in [0.25, 0.3) is 0 Å². The molecule has 94 valence electrons. The molecule has 0 atom stereocenters. The molecule has 0 amide bonds. The summed E-state index contributed by atoms with van der Waals surface area (Å²) in [6.45, 7) is 0. The van der Waals surface area contributed by atoms with E-state index in [9.17, 15) is 13.2 Å². The summed E-state index contributed by atoms with van der Waals surface area (Å²) in [4.78, 5) is 7.34. The van der Waals surface area contributed by atoms with Crippen LogP contribution in [-0.4, -0.2) is 9.97 Å². The molecule has 18 heavy (non-hydrogen) atoms. The summed E-state index contributed by atoms with van der Waals surface area (Å²) in [7, 11) is 0. The van der Waals surface area contributed by atoms with Crippen LogP contribution in [0.4, 0.5) is 13.2 Å². The summed E-state index contributed by atoms with van der Waals surface area (Å²) in [5, 5.41) is -0.0422. The molecule has 0 saturated carbocycles. The lowest BCUT2D eigenvalue weighted by molar-refractivity contribution is -0.137. The number of benzene rings is 1. The van der Waals surface area contributed by atoms with Crippen LogP contribution in [0.1, 0.15) is 5.56 Å². The molecule has 2 aromatic rings. The summed E-state index contributed by atoms with van der Waals surface area (Å²) < 4.78 is 42.6. The zero-order chi connectivity index (χ0) is 13.2. The molecular weight excluding hydrogens is 269 g/mol. The second-order valence-corrected chi connectivity index (χ2v) is 3.63. The van der Waals surface area contributed by atoms with Gasteiger partial charge in [0, 0.05) is 12.3 Å². The van der Waals surface area contributed by atoms with Gasteiger partial charge in [-0.3, -0.25) is 0 Å². The van der Waals surface area contributed by atoms with Gasteiger partial charge in [0.15, 0.2) is 0 Å². The summed E-state index contributed by atoms with van der Waals surface area (Å²) in [6.07, 6.45) is -3.07. The van der Waals surface area contributed by atoms with Crippen molar-refractivity contribution in [2.45, 2.75) is 6.18 Å². The van der Waals surface area contributed by atoms with Gasteiger partial charge in [-0.15, -0.1) is 0 Å². The zero-order valence-electron chi connectivity index (χ0n) is 8.78. The fourth-order valence-corrected chi connectivity index (χ4v) is 1.37. The van der Waals surface area contributed by atoms with Gasteiger partial charge in [0.1, 0.15) is 5.75 Å². The van der Waals surface area contributed by atoms with Crippen LogP contribution in [0.15, 0.2) is 36.5 Å². The van der Waals surface area contributed by atoms with Crippen molar-refractivity contribution in [3.8, 4) is 11.6 Å². The standard InChI is InChI=1S/C11H6ClF3N2O/c12-10-16-5-4-9(17-10)18-8-3-1-2-7(6-8)11(13,14)15/h1-6H. The highest BCUT2D eigenvalue weighted by Gasteiger charge is 2.30. The average molecular weight is 275 g/mol. The molecule has 3 nitrogen and oxygen atoms in total. The number of halogens is 4. The Bertz CT molecular complexity index is 560. The third-order valence-electron chi connectivity index (χ3n) is 1.98. The van der Waals surface area contributed by atoms with Crippen molar-refractivity contribution >= 4 is 11.6 Å². The van der Waals surface area contributed by atoms with E-state index in [2.05, 4.69) is 9.97 Å². The second kappa shape index (κ2) is 4.81. The molecule has 0 saturated heterocycles. The van der Waals surface area contributed by atoms with Crippen molar-refractivity contribution in [1.29, 1.82) is 0 Å². The number of nitrogens with zero attached hydrogens (tertiary/aromatic N) is 2. The average Bonchev–Trinajstić information content (AvgIpc) is 2.28. The summed E-state index contributed by atoms with van der Waals surface area (Å²) >= 11 is 5.53. The third-order valence-corrected chi connectivity index (χ3v) is 2.17.